The molecule has 0 unspecified atom stereocenters. The zero-order valence-electron chi connectivity index (χ0n) is 19.3. The molecule has 30 heavy (non-hydrogen) atoms. The van der Waals surface area contributed by atoms with E-state index in [1.165, 1.54) is 75.5 Å². The number of likely N-dealkylation sites (tertiary alicyclic amines) is 2. The second kappa shape index (κ2) is 12.6. The van der Waals surface area contributed by atoms with Gasteiger partial charge < -0.3 is 15.5 Å². The van der Waals surface area contributed by atoms with Crippen LogP contribution in [0.15, 0.2) is 10.4 Å². The van der Waals surface area contributed by atoms with Gasteiger partial charge in [0.2, 0.25) is 0 Å². The van der Waals surface area contributed by atoms with Crippen molar-refractivity contribution in [3.8, 4) is 0 Å². The van der Waals surface area contributed by atoms with Gasteiger partial charge in [0.15, 0.2) is 5.96 Å². The summed E-state index contributed by atoms with van der Waals surface area (Å²) < 4.78 is 0. The molecule has 2 aliphatic rings. The van der Waals surface area contributed by atoms with Crippen LogP contribution in [0.2, 0.25) is 0 Å². The lowest BCUT2D eigenvalue weighted by Gasteiger charge is -2.32. The standard InChI is InChI=1S/C23H42N6S/c1-4-22-27-21(18-30-22)17-29-14-8-20(9-15-29)16-26-23(24-3)25-10-5-11-28-12-6-19(2)7-13-28/h18-20H,4-17H2,1-3H3,(H2,24,25,26). The minimum Gasteiger partial charge on any atom is -0.356 e. The Bertz CT molecular complexity index is 629. The number of rotatable bonds is 9. The van der Waals surface area contributed by atoms with E-state index in [1.807, 2.05) is 7.05 Å². The van der Waals surface area contributed by atoms with Gasteiger partial charge in [-0.15, -0.1) is 11.3 Å². The molecule has 3 heterocycles. The summed E-state index contributed by atoms with van der Waals surface area (Å²) in [5.41, 5.74) is 1.25. The molecule has 0 spiro atoms. The maximum absolute atomic E-state index is 4.72. The largest absolute Gasteiger partial charge is 0.356 e. The predicted octanol–water partition coefficient (Wildman–Crippen LogP) is 3.20. The molecule has 0 bridgehead atoms. The highest BCUT2D eigenvalue weighted by molar-refractivity contribution is 7.09. The Morgan fingerprint density at radius 3 is 2.53 bits per heavy atom. The van der Waals surface area contributed by atoms with Gasteiger partial charge in [0, 0.05) is 32.1 Å². The van der Waals surface area contributed by atoms with E-state index in [0.29, 0.717) is 0 Å². The first-order valence-corrected chi connectivity index (χ1v) is 12.9. The summed E-state index contributed by atoms with van der Waals surface area (Å²) in [7, 11) is 1.88. The van der Waals surface area contributed by atoms with E-state index in [2.05, 4.69) is 44.7 Å². The number of aromatic nitrogens is 1. The number of hydrogen-bond acceptors (Lipinski definition) is 5. The average molecular weight is 435 g/mol. The summed E-state index contributed by atoms with van der Waals surface area (Å²) in [6.07, 6.45) is 7.46. The van der Waals surface area contributed by atoms with Gasteiger partial charge in [0.05, 0.1) is 10.7 Å². The van der Waals surface area contributed by atoms with E-state index >= 15 is 0 Å². The molecular formula is C23H42N6S. The third-order valence-electron chi connectivity index (χ3n) is 6.60. The minimum atomic E-state index is 0.733. The Labute approximate surface area is 187 Å². The first-order valence-electron chi connectivity index (χ1n) is 12.0. The molecule has 0 aromatic carbocycles. The average Bonchev–Trinajstić information content (AvgIpc) is 3.23. The molecule has 7 heteroatoms. The first kappa shape index (κ1) is 23.5. The monoisotopic (exact) mass is 434 g/mol. The molecule has 2 N–H and O–H groups in total. The molecule has 6 nitrogen and oxygen atoms in total. The second-order valence-electron chi connectivity index (χ2n) is 9.06. The summed E-state index contributed by atoms with van der Waals surface area (Å²) in [4.78, 5) is 14.3. The van der Waals surface area contributed by atoms with Gasteiger partial charge >= 0.3 is 0 Å². The maximum Gasteiger partial charge on any atom is 0.190 e. The number of nitrogens with zero attached hydrogens (tertiary/aromatic N) is 4. The normalized spacial score (nSPS) is 20.6. The van der Waals surface area contributed by atoms with Gasteiger partial charge in [-0.05, 0) is 83.1 Å². The van der Waals surface area contributed by atoms with Crippen LogP contribution in [0.25, 0.3) is 0 Å². The lowest BCUT2D eigenvalue weighted by Crippen LogP contribution is -2.43. The highest BCUT2D eigenvalue weighted by Gasteiger charge is 2.20. The van der Waals surface area contributed by atoms with Crippen molar-refractivity contribution in [2.45, 2.75) is 58.9 Å². The Morgan fingerprint density at radius 2 is 1.87 bits per heavy atom. The molecule has 0 amide bonds. The fourth-order valence-electron chi connectivity index (χ4n) is 4.42. The Kier molecular flexibility index (Phi) is 9.88. The molecule has 0 saturated carbocycles. The van der Waals surface area contributed by atoms with E-state index in [1.54, 1.807) is 11.3 Å². The molecule has 0 aliphatic carbocycles. The van der Waals surface area contributed by atoms with Crippen molar-refractivity contribution in [2.24, 2.45) is 16.8 Å². The van der Waals surface area contributed by atoms with Crippen LogP contribution in [0.4, 0.5) is 0 Å². The van der Waals surface area contributed by atoms with Crippen LogP contribution in [0.3, 0.4) is 0 Å². The molecule has 0 radical (unpaired) electrons. The second-order valence-corrected chi connectivity index (χ2v) is 10.0. The molecule has 170 valence electrons. The van der Waals surface area contributed by atoms with Crippen LogP contribution in [0.1, 0.15) is 56.7 Å². The van der Waals surface area contributed by atoms with Crippen molar-refractivity contribution in [1.29, 1.82) is 0 Å². The fourth-order valence-corrected chi connectivity index (χ4v) is 5.15. The van der Waals surface area contributed by atoms with Crippen LogP contribution < -0.4 is 10.6 Å². The van der Waals surface area contributed by atoms with E-state index in [-0.39, 0.29) is 0 Å². The van der Waals surface area contributed by atoms with Gasteiger partial charge in [-0.1, -0.05) is 13.8 Å². The van der Waals surface area contributed by atoms with Crippen molar-refractivity contribution in [3.63, 3.8) is 0 Å². The minimum absolute atomic E-state index is 0.733. The van der Waals surface area contributed by atoms with E-state index in [9.17, 15) is 0 Å². The van der Waals surface area contributed by atoms with Crippen molar-refractivity contribution < 1.29 is 0 Å². The molecule has 1 aromatic heterocycles. The van der Waals surface area contributed by atoms with Crippen molar-refractivity contribution in [3.05, 3.63) is 16.1 Å². The van der Waals surface area contributed by atoms with Crippen molar-refractivity contribution in [1.82, 2.24) is 25.4 Å². The van der Waals surface area contributed by atoms with E-state index < -0.39 is 0 Å². The lowest BCUT2D eigenvalue weighted by molar-refractivity contribution is 0.176. The number of aliphatic imine (C=N–C) groups is 1. The van der Waals surface area contributed by atoms with Crippen LogP contribution in [0.5, 0.6) is 0 Å². The predicted molar refractivity (Wildman–Crippen MR) is 128 cm³/mol. The summed E-state index contributed by atoms with van der Waals surface area (Å²) in [6.45, 7) is 13.7. The van der Waals surface area contributed by atoms with E-state index in [4.69, 9.17) is 4.98 Å². The van der Waals surface area contributed by atoms with Crippen molar-refractivity contribution in [2.75, 3.05) is 52.9 Å². The SMILES string of the molecule is CCc1nc(CN2CCC(CNC(=NC)NCCCN3CCC(C)CC3)CC2)cs1. The van der Waals surface area contributed by atoms with Gasteiger partial charge in [-0.3, -0.25) is 9.89 Å². The third-order valence-corrected chi connectivity index (χ3v) is 7.64. The number of guanidine groups is 1. The van der Waals surface area contributed by atoms with Gasteiger partial charge in [-0.25, -0.2) is 4.98 Å². The first-order chi connectivity index (χ1) is 14.7. The van der Waals surface area contributed by atoms with Gasteiger partial charge in [0.1, 0.15) is 0 Å². The maximum atomic E-state index is 4.72. The quantitative estimate of drug-likeness (QED) is 0.355. The van der Waals surface area contributed by atoms with Gasteiger partial charge in [0.25, 0.3) is 0 Å². The smallest absolute Gasteiger partial charge is 0.190 e. The number of hydrogen-bond donors (Lipinski definition) is 2. The molecule has 0 atom stereocenters. The Balaban J connectivity index is 1.25. The van der Waals surface area contributed by atoms with Crippen LogP contribution in [-0.4, -0.2) is 73.6 Å². The molecule has 2 fully saturated rings. The fraction of sp³-hybridized carbons (Fsp3) is 0.826. The summed E-state index contributed by atoms with van der Waals surface area (Å²) in [5.74, 6) is 2.60. The Morgan fingerprint density at radius 1 is 1.13 bits per heavy atom. The zero-order valence-corrected chi connectivity index (χ0v) is 20.1. The molecule has 2 saturated heterocycles. The van der Waals surface area contributed by atoms with Crippen molar-refractivity contribution >= 4 is 17.3 Å². The highest BCUT2D eigenvalue weighted by atomic mass is 32.1. The molecule has 2 aliphatic heterocycles. The number of nitrogens with one attached hydrogen (secondary N) is 2. The molecular weight excluding hydrogens is 392 g/mol. The summed E-state index contributed by atoms with van der Waals surface area (Å²) in [6, 6.07) is 0. The zero-order chi connectivity index (χ0) is 21.2. The number of thiazole rings is 1. The Hall–Kier alpha value is -1.18. The molecule has 3 rings (SSSR count). The summed E-state index contributed by atoms with van der Waals surface area (Å²) >= 11 is 1.80. The third kappa shape index (κ3) is 7.82. The number of aryl methyl sites for hydroxylation is 1. The topological polar surface area (TPSA) is 55.8 Å². The van der Waals surface area contributed by atoms with Crippen LogP contribution in [0, 0.1) is 11.8 Å². The van der Waals surface area contributed by atoms with Crippen LogP contribution in [-0.2, 0) is 13.0 Å². The highest BCUT2D eigenvalue weighted by Crippen LogP contribution is 2.19. The molecule has 1 aromatic rings. The lowest BCUT2D eigenvalue weighted by atomic mass is 9.97. The van der Waals surface area contributed by atoms with Crippen LogP contribution >= 0.6 is 11.3 Å². The summed E-state index contributed by atoms with van der Waals surface area (Å²) in [5, 5.41) is 10.5. The van der Waals surface area contributed by atoms with Gasteiger partial charge in [-0.2, -0.15) is 0 Å². The van der Waals surface area contributed by atoms with E-state index in [0.717, 1.165) is 43.9 Å². The number of piperidine rings is 2.